The predicted octanol–water partition coefficient (Wildman–Crippen LogP) is 4.62. The van der Waals surface area contributed by atoms with Gasteiger partial charge in [-0.05, 0) is 30.3 Å². The Morgan fingerprint density at radius 1 is 1.10 bits per heavy atom. The number of carbonyl (C=O) groups excluding carboxylic acids is 1. The van der Waals surface area contributed by atoms with E-state index >= 15 is 0 Å². The van der Waals surface area contributed by atoms with Crippen molar-refractivity contribution < 1.29 is 9.18 Å². The van der Waals surface area contributed by atoms with Gasteiger partial charge >= 0.3 is 0 Å². The minimum absolute atomic E-state index is 0.159. The first-order valence-electron chi connectivity index (χ1n) is 5.39. The Hall–Kier alpha value is -1.49. The summed E-state index contributed by atoms with van der Waals surface area (Å²) in [6.45, 7) is 0. The summed E-state index contributed by atoms with van der Waals surface area (Å²) in [5.74, 6) is -1.42. The molecule has 104 valence electrons. The molecule has 0 atom stereocenters. The van der Waals surface area contributed by atoms with Crippen LogP contribution in [0.3, 0.4) is 0 Å². The Balaban J connectivity index is 2.33. The Labute approximate surface area is 129 Å². The van der Waals surface area contributed by atoms with Crippen LogP contribution in [0.5, 0.6) is 0 Å². The average molecular weight is 334 g/mol. The van der Waals surface area contributed by atoms with Crippen molar-refractivity contribution in [1.82, 2.24) is 0 Å². The summed E-state index contributed by atoms with van der Waals surface area (Å²) in [6.07, 6.45) is 0. The molecule has 0 fully saturated rings. The molecule has 0 spiro atoms. The van der Waals surface area contributed by atoms with Crippen LogP contribution in [0.25, 0.3) is 0 Å². The average Bonchev–Trinajstić information content (AvgIpc) is 2.33. The van der Waals surface area contributed by atoms with Crippen LogP contribution in [0.1, 0.15) is 10.4 Å². The van der Waals surface area contributed by atoms with Crippen LogP contribution in [-0.2, 0) is 0 Å². The molecule has 3 nitrogen and oxygen atoms in total. The van der Waals surface area contributed by atoms with Gasteiger partial charge in [-0.2, -0.15) is 0 Å². The number of benzene rings is 2. The van der Waals surface area contributed by atoms with E-state index in [4.69, 9.17) is 40.5 Å². The standard InChI is InChI=1S/C13H8Cl3FN2O/c14-6-3-9(15)12(10(16)4-6)19-13(20)8-2-1-7(18)5-11(8)17/h1-5H,18H2,(H,19,20). The number of rotatable bonds is 2. The first kappa shape index (κ1) is 14.9. The zero-order valence-electron chi connectivity index (χ0n) is 9.88. The molecule has 0 aliphatic carbocycles. The third kappa shape index (κ3) is 3.15. The van der Waals surface area contributed by atoms with Crippen molar-refractivity contribution in [3.63, 3.8) is 0 Å². The molecule has 0 saturated carbocycles. The van der Waals surface area contributed by atoms with Crippen molar-refractivity contribution in [3.05, 3.63) is 56.8 Å². The molecule has 0 unspecified atom stereocenters. The molecule has 0 radical (unpaired) electrons. The number of nitrogens with one attached hydrogen (secondary N) is 1. The fraction of sp³-hybridized carbons (Fsp3) is 0. The van der Waals surface area contributed by atoms with Crippen molar-refractivity contribution >= 4 is 52.1 Å². The van der Waals surface area contributed by atoms with Crippen molar-refractivity contribution in [2.45, 2.75) is 0 Å². The monoisotopic (exact) mass is 332 g/mol. The molecule has 2 aromatic carbocycles. The minimum Gasteiger partial charge on any atom is -0.399 e. The molecule has 0 heterocycles. The Morgan fingerprint density at radius 2 is 1.70 bits per heavy atom. The number of hydrogen-bond donors (Lipinski definition) is 2. The third-order valence-electron chi connectivity index (χ3n) is 2.48. The quantitative estimate of drug-likeness (QED) is 0.788. The summed E-state index contributed by atoms with van der Waals surface area (Å²) in [4.78, 5) is 12.0. The van der Waals surface area contributed by atoms with Crippen molar-refractivity contribution in [1.29, 1.82) is 0 Å². The number of anilines is 2. The van der Waals surface area contributed by atoms with Crippen LogP contribution in [0.15, 0.2) is 30.3 Å². The van der Waals surface area contributed by atoms with Crippen LogP contribution in [0, 0.1) is 5.82 Å². The molecule has 1 amide bonds. The SMILES string of the molecule is Nc1ccc(C(=O)Nc2c(Cl)cc(Cl)cc2Cl)c(F)c1. The van der Waals surface area contributed by atoms with Gasteiger partial charge in [0.05, 0.1) is 21.3 Å². The van der Waals surface area contributed by atoms with Crippen LogP contribution < -0.4 is 11.1 Å². The van der Waals surface area contributed by atoms with Crippen molar-refractivity contribution in [2.24, 2.45) is 0 Å². The van der Waals surface area contributed by atoms with E-state index in [2.05, 4.69) is 5.32 Å². The molecule has 2 rings (SSSR count). The molecule has 0 bridgehead atoms. The van der Waals surface area contributed by atoms with Gasteiger partial charge in [0.15, 0.2) is 0 Å². The summed E-state index contributed by atoms with van der Waals surface area (Å²) in [6, 6.07) is 6.59. The van der Waals surface area contributed by atoms with Gasteiger partial charge < -0.3 is 11.1 Å². The molecule has 0 aliphatic heterocycles. The van der Waals surface area contributed by atoms with Gasteiger partial charge in [-0.3, -0.25) is 4.79 Å². The van der Waals surface area contributed by atoms with E-state index in [1.807, 2.05) is 0 Å². The lowest BCUT2D eigenvalue weighted by Gasteiger charge is -2.10. The Bertz CT molecular complexity index is 668. The van der Waals surface area contributed by atoms with Gasteiger partial charge in [-0.1, -0.05) is 34.8 Å². The number of carbonyl (C=O) groups is 1. The number of halogens is 4. The lowest BCUT2D eigenvalue weighted by Crippen LogP contribution is -2.14. The highest BCUT2D eigenvalue weighted by Crippen LogP contribution is 2.34. The van der Waals surface area contributed by atoms with E-state index in [1.165, 1.54) is 24.3 Å². The molecule has 2 aromatic rings. The molecule has 0 aromatic heterocycles. The lowest BCUT2D eigenvalue weighted by molar-refractivity contribution is 0.102. The highest BCUT2D eigenvalue weighted by Gasteiger charge is 2.16. The topological polar surface area (TPSA) is 55.1 Å². The second kappa shape index (κ2) is 5.87. The molecule has 20 heavy (non-hydrogen) atoms. The van der Waals surface area contributed by atoms with Gasteiger partial charge in [0, 0.05) is 10.7 Å². The van der Waals surface area contributed by atoms with Crippen LogP contribution in [0.4, 0.5) is 15.8 Å². The minimum atomic E-state index is -0.733. The fourth-order valence-corrected chi connectivity index (χ4v) is 2.47. The molecular weight excluding hydrogens is 326 g/mol. The molecule has 3 N–H and O–H groups in total. The maximum absolute atomic E-state index is 13.6. The summed E-state index contributed by atoms with van der Waals surface area (Å²) in [5.41, 5.74) is 5.64. The molecule has 0 aliphatic rings. The first-order chi connectivity index (χ1) is 9.38. The number of hydrogen-bond acceptors (Lipinski definition) is 2. The zero-order valence-corrected chi connectivity index (χ0v) is 12.2. The predicted molar refractivity (Wildman–Crippen MR) is 80.2 cm³/mol. The third-order valence-corrected chi connectivity index (χ3v) is 3.30. The maximum atomic E-state index is 13.6. The number of amides is 1. The van der Waals surface area contributed by atoms with E-state index in [9.17, 15) is 9.18 Å². The van der Waals surface area contributed by atoms with Gasteiger partial charge in [0.25, 0.3) is 5.91 Å². The number of nitrogen functional groups attached to an aromatic ring is 1. The first-order valence-corrected chi connectivity index (χ1v) is 6.53. The van der Waals surface area contributed by atoms with E-state index < -0.39 is 11.7 Å². The van der Waals surface area contributed by atoms with Crippen LogP contribution in [-0.4, -0.2) is 5.91 Å². The summed E-state index contributed by atoms with van der Waals surface area (Å²) < 4.78 is 13.6. The number of nitrogens with two attached hydrogens (primary N) is 1. The highest BCUT2D eigenvalue weighted by molar-refractivity contribution is 6.42. The molecule has 0 saturated heterocycles. The lowest BCUT2D eigenvalue weighted by atomic mass is 10.1. The van der Waals surface area contributed by atoms with E-state index in [0.717, 1.165) is 6.07 Å². The normalized spacial score (nSPS) is 10.4. The van der Waals surface area contributed by atoms with E-state index in [0.29, 0.717) is 5.02 Å². The van der Waals surface area contributed by atoms with Crippen LogP contribution in [0.2, 0.25) is 15.1 Å². The van der Waals surface area contributed by atoms with Crippen LogP contribution >= 0.6 is 34.8 Å². The second-order valence-corrected chi connectivity index (χ2v) is 5.19. The molecule has 7 heteroatoms. The van der Waals surface area contributed by atoms with Gasteiger partial charge in [0.1, 0.15) is 5.82 Å². The maximum Gasteiger partial charge on any atom is 0.258 e. The van der Waals surface area contributed by atoms with Gasteiger partial charge in [0.2, 0.25) is 0 Å². The molecular formula is C13H8Cl3FN2O. The second-order valence-electron chi connectivity index (χ2n) is 3.94. The van der Waals surface area contributed by atoms with Gasteiger partial charge in [-0.15, -0.1) is 0 Å². The largest absolute Gasteiger partial charge is 0.399 e. The van der Waals surface area contributed by atoms with E-state index in [1.54, 1.807) is 0 Å². The van der Waals surface area contributed by atoms with Crippen molar-refractivity contribution in [2.75, 3.05) is 11.1 Å². The smallest absolute Gasteiger partial charge is 0.258 e. The Kier molecular flexibility index (Phi) is 4.38. The fourth-order valence-electron chi connectivity index (χ4n) is 1.56. The zero-order chi connectivity index (χ0) is 14.9. The summed E-state index contributed by atoms with van der Waals surface area (Å²) >= 11 is 17.6. The Morgan fingerprint density at radius 3 is 2.25 bits per heavy atom. The van der Waals surface area contributed by atoms with Crippen molar-refractivity contribution in [3.8, 4) is 0 Å². The van der Waals surface area contributed by atoms with E-state index in [-0.39, 0.29) is 27.0 Å². The highest BCUT2D eigenvalue weighted by atomic mass is 35.5. The summed E-state index contributed by atoms with van der Waals surface area (Å²) in [5, 5.41) is 3.09. The summed E-state index contributed by atoms with van der Waals surface area (Å²) in [7, 11) is 0. The van der Waals surface area contributed by atoms with Gasteiger partial charge in [-0.25, -0.2) is 4.39 Å².